The summed E-state index contributed by atoms with van der Waals surface area (Å²) in [5.41, 5.74) is 4.83. The molecule has 0 aliphatic rings. The van der Waals surface area contributed by atoms with Gasteiger partial charge in [0.2, 0.25) is 5.01 Å². The lowest BCUT2D eigenvalue weighted by Gasteiger charge is -1.78. The van der Waals surface area contributed by atoms with Gasteiger partial charge in [-0.05, 0) is 0 Å². The summed E-state index contributed by atoms with van der Waals surface area (Å²) in [6.07, 6.45) is 0. The first-order chi connectivity index (χ1) is 4.74. The number of carbonyl (C=O) groups excluding carboxylic acids is 1. The Kier molecular flexibility index (Phi) is 1.91. The van der Waals surface area contributed by atoms with E-state index in [2.05, 4.69) is 10.2 Å². The van der Waals surface area contributed by atoms with E-state index in [4.69, 9.17) is 5.73 Å². The molecule has 2 N–H and O–H groups in total. The molecule has 10 heavy (non-hydrogen) atoms. The van der Waals surface area contributed by atoms with Gasteiger partial charge in [0.15, 0.2) is 0 Å². The summed E-state index contributed by atoms with van der Waals surface area (Å²) in [7, 11) is 0. The van der Waals surface area contributed by atoms with Crippen LogP contribution in [-0.2, 0) is 6.67 Å². The first-order valence-corrected chi connectivity index (χ1v) is 3.24. The van der Waals surface area contributed by atoms with Gasteiger partial charge in [-0.2, -0.15) is 0 Å². The van der Waals surface area contributed by atoms with Gasteiger partial charge in [-0.25, -0.2) is 4.39 Å². The van der Waals surface area contributed by atoms with Crippen LogP contribution in [0.5, 0.6) is 0 Å². The van der Waals surface area contributed by atoms with Gasteiger partial charge in [0.25, 0.3) is 5.91 Å². The van der Waals surface area contributed by atoms with E-state index in [1.807, 2.05) is 0 Å². The number of hydrogen-bond donors (Lipinski definition) is 1. The van der Waals surface area contributed by atoms with Crippen molar-refractivity contribution in [3.05, 3.63) is 10.0 Å². The van der Waals surface area contributed by atoms with Crippen LogP contribution in [-0.4, -0.2) is 16.1 Å². The van der Waals surface area contributed by atoms with Crippen LogP contribution < -0.4 is 5.73 Å². The summed E-state index contributed by atoms with van der Waals surface area (Å²) in [5, 5.41) is 6.91. The van der Waals surface area contributed by atoms with Crippen LogP contribution in [0.15, 0.2) is 0 Å². The number of nitrogens with zero attached hydrogens (tertiary/aromatic N) is 2. The van der Waals surface area contributed by atoms with Crippen molar-refractivity contribution in [2.45, 2.75) is 6.67 Å². The number of primary amides is 1. The van der Waals surface area contributed by atoms with Crippen molar-refractivity contribution >= 4 is 17.2 Å². The van der Waals surface area contributed by atoms with Crippen molar-refractivity contribution in [1.29, 1.82) is 0 Å². The van der Waals surface area contributed by atoms with E-state index in [1.165, 1.54) is 0 Å². The molecule has 0 bridgehead atoms. The molecule has 0 fully saturated rings. The van der Waals surface area contributed by atoms with Crippen LogP contribution in [0.2, 0.25) is 0 Å². The maximum absolute atomic E-state index is 11.8. The van der Waals surface area contributed by atoms with Gasteiger partial charge in [-0.15, -0.1) is 10.2 Å². The third kappa shape index (κ3) is 1.27. The Morgan fingerprint density at radius 2 is 2.40 bits per heavy atom. The molecule has 1 heterocycles. The fourth-order valence-electron chi connectivity index (χ4n) is 0.407. The molecule has 0 saturated carbocycles. The van der Waals surface area contributed by atoms with Gasteiger partial charge in [0, 0.05) is 0 Å². The molecule has 0 unspecified atom stereocenters. The highest BCUT2D eigenvalue weighted by Gasteiger charge is 2.07. The highest BCUT2D eigenvalue weighted by molar-refractivity contribution is 7.13. The maximum atomic E-state index is 11.8. The molecule has 0 atom stereocenters. The van der Waals surface area contributed by atoms with Gasteiger partial charge in [0.1, 0.15) is 11.7 Å². The van der Waals surface area contributed by atoms with E-state index < -0.39 is 12.6 Å². The van der Waals surface area contributed by atoms with Crippen molar-refractivity contribution in [3.8, 4) is 0 Å². The number of rotatable bonds is 2. The molecule has 54 valence electrons. The van der Waals surface area contributed by atoms with E-state index in [-0.39, 0.29) is 10.0 Å². The van der Waals surface area contributed by atoms with E-state index in [9.17, 15) is 9.18 Å². The Morgan fingerprint density at radius 3 is 2.70 bits per heavy atom. The molecule has 0 spiro atoms. The number of hydrogen-bond acceptors (Lipinski definition) is 4. The number of amides is 1. The number of alkyl halides is 1. The smallest absolute Gasteiger partial charge is 0.279 e. The summed E-state index contributed by atoms with van der Waals surface area (Å²) in [4.78, 5) is 10.3. The average Bonchev–Trinajstić information content (AvgIpc) is 2.34. The van der Waals surface area contributed by atoms with Crippen LogP contribution in [0.4, 0.5) is 4.39 Å². The average molecular weight is 161 g/mol. The number of halogens is 1. The van der Waals surface area contributed by atoms with Crippen LogP contribution in [0.25, 0.3) is 0 Å². The van der Waals surface area contributed by atoms with Crippen LogP contribution in [0.3, 0.4) is 0 Å². The lowest BCUT2D eigenvalue weighted by atomic mass is 10.7. The quantitative estimate of drug-likeness (QED) is 0.669. The lowest BCUT2D eigenvalue weighted by Crippen LogP contribution is -2.10. The second-order valence-corrected chi connectivity index (χ2v) is 2.56. The van der Waals surface area contributed by atoms with Gasteiger partial charge in [0.05, 0.1) is 0 Å². The molecule has 0 aromatic carbocycles. The van der Waals surface area contributed by atoms with Crippen molar-refractivity contribution < 1.29 is 9.18 Å². The molecule has 1 aromatic rings. The summed E-state index contributed by atoms with van der Waals surface area (Å²) >= 11 is 0.869. The summed E-state index contributed by atoms with van der Waals surface area (Å²) in [5.74, 6) is -0.669. The van der Waals surface area contributed by atoms with Gasteiger partial charge >= 0.3 is 0 Å². The molecule has 1 amide bonds. The maximum Gasteiger partial charge on any atom is 0.279 e. The predicted molar refractivity (Wildman–Crippen MR) is 33.2 cm³/mol. The highest BCUT2D eigenvalue weighted by atomic mass is 32.1. The zero-order valence-corrected chi connectivity index (χ0v) is 5.69. The topological polar surface area (TPSA) is 68.9 Å². The molecule has 0 aliphatic heterocycles. The fraction of sp³-hybridized carbons (Fsp3) is 0.250. The summed E-state index contributed by atoms with van der Waals surface area (Å²) in [6.45, 7) is -0.703. The zero-order valence-electron chi connectivity index (χ0n) is 4.87. The van der Waals surface area contributed by atoms with Gasteiger partial charge in [-0.3, -0.25) is 4.79 Å². The third-order valence-corrected chi connectivity index (χ3v) is 1.69. The molecule has 0 aliphatic carbocycles. The molecular weight excluding hydrogens is 157 g/mol. The standard InChI is InChI=1S/C4H4FN3OS/c5-1-2-7-8-4(10-2)3(6)9/h1H2,(H2,6,9). The molecule has 4 nitrogen and oxygen atoms in total. The minimum Gasteiger partial charge on any atom is -0.363 e. The minimum atomic E-state index is -0.703. The van der Waals surface area contributed by atoms with E-state index in [0.717, 1.165) is 11.3 Å². The number of nitrogens with two attached hydrogens (primary N) is 1. The summed E-state index contributed by atoms with van der Waals surface area (Å²) in [6, 6.07) is 0. The molecule has 0 radical (unpaired) electrons. The van der Waals surface area contributed by atoms with E-state index in [1.54, 1.807) is 0 Å². The van der Waals surface area contributed by atoms with Gasteiger partial charge in [-0.1, -0.05) is 11.3 Å². The van der Waals surface area contributed by atoms with Crippen LogP contribution in [0, 0.1) is 0 Å². The molecule has 6 heteroatoms. The molecule has 1 aromatic heterocycles. The first-order valence-electron chi connectivity index (χ1n) is 2.42. The first kappa shape index (κ1) is 7.07. The molecule has 1 rings (SSSR count). The number of carbonyl (C=O) groups is 1. The third-order valence-electron chi connectivity index (χ3n) is 0.792. The van der Waals surface area contributed by atoms with E-state index in [0.29, 0.717) is 0 Å². The summed E-state index contributed by atoms with van der Waals surface area (Å²) < 4.78 is 11.8. The Hall–Kier alpha value is -1.04. The van der Waals surface area contributed by atoms with Crippen molar-refractivity contribution in [2.75, 3.05) is 0 Å². The Morgan fingerprint density at radius 1 is 1.70 bits per heavy atom. The Labute approximate surface area is 59.9 Å². The van der Waals surface area contributed by atoms with E-state index >= 15 is 0 Å². The van der Waals surface area contributed by atoms with Crippen molar-refractivity contribution in [3.63, 3.8) is 0 Å². The molecule has 0 saturated heterocycles. The molecular formula is C4H4FN3OS. The van der Waals surface area contributed by atoms with Gasteiger partial charge < -0.3 is 5.73 Å². The Balaban J connectivity index is 2.88. The SMILES string of the molecule is NC(=O)c1nnc(CF)s1. The fourth-order valence-corrected chi connectivity index (χ4v) is 0.949. The van der Waals surface area contributed by atoms with Crippen molar-refractivity contribution in [2.24, 2.45) is 5.73 Å². The highest BCUT2D eigenvalue weighted by Crippen LogP contribution is 2.09. The zero-order chi connectivity index (χ0) is 7.56. The lowest BCUT2D eigenvalue weighted by molar-refractivity contribution is 0.0999. The van der Waals surface area contributed by atoms with Crippen molar-refractivity contribution in [1.82, 2.24) is 10.2 Å². The minimum absolute atomic E-state index is 0.0488. The van der Waals surface area contributed by atoms with Crippen LogP contribution >= 0.6 is 11.3 Å². The Bertz CT molecular complexity index is 248. The normalized spacial score (nSPS) is 9.70. The van der Waals surface area contributed by atoms with Crippen LogP contribution in [0.1, 0.15) is 14.8 Å². The largest absolute Gasteiger partial charge is 0.363 e. The second-order valence-electron chi connectivity index (χ2n) is 1.50. The monoisotopic (exact) mass is 161 g/mol. The second kappa shape index (κ2) is 2.70. The predicted octanol–water partition coefficient (Wildman–Crippen LogP) is 0.106. The number of aromatic nitrogens is 2.